The van der Waals surface area contributed by atoms with E-state index in [9.17, 15) is 4.79 Å². The predicted octanol–water partition coefficient (Wildman–Crippen LogP) is 2.91. The van der Waals surface area contributed by atoms with Crippen LogP contribution >= 0.6 is 11.8 Å². The number of ether oxygens (including phenoxy) is 2. The molecule has 4 heterocycles. The Morgan fingerprint density at radius 1 is 1.10 bits per heavy atom. The molecule has 0 saturated carbocycles. The highest BCUT2D eigenvalue weighted by Gasteiger charge is 2.18. The standard InChI is InChI=1S/C20H16N6O3S/c27-18(22-15-5-6-16-17(10-15)29-13-28-16)12-30-20-24-23-19(14-4-3-7-21-11-14)26(20)25-8-1-2-9-25/h1-11H,12-13H2,(H,22,27). The Labute approximate surface area is 175 Å². The maximum Gasteiger partial charge on any atom is 0.234 e. The molecule has 0 unspecified atom stereocenters. The maximum absolute atomic E-state index is 12.5. The molecule has 1 aromatic carbocycles. The van der Waals surface area contributed by atoms with Gasteiger partial charge in [-0.05, 0) is 36.4 Å². The van der Waals surface area contributed by atoms with Gasteiger partial charge < -0.3 is 14.8 Å². The summed E-state index contributed by atoms with van der Waals surface area (Å²) in [7, 11) is 0. The zero-order chi connectivity index (χ0) is 20.3. The maximum atomic E-state index is 12.5. The van der Waals surface area contributed by atoms with Gasteiger partial charge in [0.1, 0.15) is 0 Å². The molecular weight excluding hydrogens is 404 g/mol. The average molecular weight is 420 g/mol. The highest BCUT2D eigenvalue weighted by Crippen LogP contribution is 2.34. The number of hydrogen-bond acceptors (Lipinski definition) is 7. The molecule has 0 fully saturated rings. The molecule has 0 atom stereocenters. The largest absolute Gasteiger partial charge is 0.454 e. The van der Waals surface area contributed by atoms with Crippen molar-refractivity contribution in [2.45, 2.75) is 5.16 Å². The van der Waals surface area contributed by atoms with Crippen molar-refractivity contribution in [3.8, 4) is 22.9 Å². The Hall–Kier alpha value is -3.79. The molecule has 1 N–H and O–H groups in total. The number of fused-ring (bicyclic) bond motifs is 1. The van der Waals surface area contributed by atoms with E-state index in [1.54, 1.807) is 30.6 Å². The zero-order valence-electron chi connectivity index (χ0n) is 15.6. The monoisotopic (exact) mass is 420 g/mol. The van der Waals surface area contributed by atoms with Crippen LogP contribution in [0.1, 0.15) is 0 Å². The van der Waals surface area contributed by atoms with Crippen LogP contribution in [-0.4, -0.2) is 43.0 Å². The Morgan fingerprint density at radius 3 is 2.80 bits per heavy atom. The van der Waals surface area contributed by atoms with E-state index in [2.05, 4.69) is 20.5 Å². The fourth-order valence-electron chi connectivity index (χ4n) is 3.00. The molecule has 0 saturated heterocycles. The van der Waals surface area contributed by atoms with Gasteiger partial charge >= 0.3 is 0 Å². The quantitative estimate of drug-likeness (QED) is 0.479. The highest BCUT2D eigenvalue weighted by molar-refractivity contribution is 7.99. The number of nitrogens with zero attached hydrogens (tertiary/aromatic N) is 5. The molecule has 10 heteroatoms. The molecule has 1 aliphatic rings. The van der Waals surface area contributed by atoms with Crippen molar-refractivity contribution in [3.63, 3.8) is 0 Å². The van der Waals surface area contributed by atoms with Crippen molar-refractivity contribution in [1.29, 1.82) is 0 Å². The average Bonchev–Trinajstić information content (AvgIpc) is 3.52. The van der Waals surface area contributed by atoms with Crippen molar-refractivity contribution >= 4 is 23.4 Å². The molecule has 30 heavy (non-hydrogen) atoms. The van der Waals surface area contributed by atoms with Crippen LogP contribution in [-0.2, 0) is 4.79 Å². The first kappa shape index (κ1) is 18.3. The fraction of sp³-hybridized carbons (Fsp3) is 0.100. The molecule has 5 rings (SSSR count). The van der Waals surface area contributed by atoms with Crippen molar-refractivity contribution in [2.75, 3.05) is 17.9 Å². The molecule has 0 bridgehead atoms. The molecule has 0 spiro atoms. The number of nitrogens with one attached hydrogen (secondary N) is 1. The van der Waals surface area contributed by atoms with Crippen LogP contribution in [0.4, 0.5) is 5.69 Å². The summed E-state index contributed by atoms with van der Waals surface area (Å²) >= 11 is 1.29. The van der Waals surface area contributed by atoms with Gasteiger partial charge in [0, 0.05) is 42.1 Å². The third-order valence-electron chi connectivity index (χ3n) is 4.34. The van der Waals surface area contributed by atoms with E-state index in [0.29, 0.717) is 28.2 Å². The molecule has 0 radical (unpaired) electrons. The summed E-state index contributed by atoms with van der Waals surface area (Å²) in [4.78, 5) is 16.6. The number of anilines is 1. The van der Waals surface area contributed by atoms with Gasteiger partial charge in [-0.1, -0.05) is 11.8 Å². The summed E-state index contributed by atoms with van der Waals surface area (Å²) in [5.74, 6) is 1.93. The highest BCUT2D eigenvalue weighted by atomic mass is 32.2. The van der Waals surface area contributed by atoms with E-state index in [4.69, 9.17) is 9.47 Å². The Balaban J connectivity index is 1.34. The number of carbonyl (C=O) groups is 1. The molecule has 0 aliphatic carbocycles. The minimum Gasteiger partial charge on any atom is -0.454 e. The first-order chi connectivity index (χ1) is 14.8. The number of carbonyl (C=O) groups excluding carboxylic acids is 1. The van der Waals surface area contributed by atoms with Crippen LogP contribution in [0.25, 0.3) is 11.4 Å². The molecule has 3 aromatic heterocycles. The number of aromatic nitrogens is 5. The van der Waals surface area contributed by atoms with Crippen molar-refractivity contribution in [2.24, 2.45) is 0 Å². The molecule has 4 aromatic rings. The van der Waals surface area contributed by atoms with E-state index in [1.807, 2.05) is 46.0 Å². The van der Waals surface area contributed by atoms with Crippen LogP contribution in [0, 0.1) is 0 Å². The second-order valence-electron chi connectivity index (χ2n) is 6.33. The minimum absolute atomic E-state index is 0.163. The lowest BCUT2D eigenvalue weighted by molar-refractivity contribution is -0.113. The van der Waals surface area contributed by atoms with Crippen LogP contribution in [0.5, 0.6) is 11.5 Å². The van der Waals surface area contributed by atoms with E-state index in [-0.39, 0.29) is 18.5 Å². The first-order valence-corrected chi connectivity index (χ1v) is 10.1. The van der Waals surface area contributed by atoms with Crippen LogP contribution < -0.4 is 14.8 Å². The first-order valence-electron chi connectivity index (χ1n) is 9.10. The number of benzene rings is 1. The number of amides is 1. The number of pyridine rings is 1. The second kappa shape index (κ2) is 7.91. The summed E-state index contributed by atoms with van der Waals surface area (Å²) in [5, 5.41) is 12.1. The number of thioether (sulfide) groups is 1. The Morgan fingerprint density at radius 2 is 1.97 bits per heavy atom. The lowest BCUT2D eigenvalue weighted by atomic mass is 10.3. The molecule has 1 aliphatic heterocycles. The number of hydrogen-bond donors (Lipinski definition) is 1. The Bertz CT molecular complexity index is 1180. The lowest BCUT2D eigenvalue weighted by Gasteiger charge is -2.11. The number of rotatable bonds is 6. The molecule has 150 valence electrons. The van der Waals surface area contributed by atoms with Crippen LogP contribution in [0.2, 0.25) is 0 Å². The smallest absolute Gasteiger partial charge is 0.234 e. The third-order valence-corrected chi connectivity index (χ3v) is 5.26. The Kier molecular flexibility index (Phi) is 4.81. The van der Waals surface area contributed by atoms with E-state index < -0.39 is 0 Å². The summed E-state index contributed by atoms with van der Waals surface area (Å²) in [6, 6.07) is 12.9. The normalized spacial score (nSPS) is 12.1. The van der Waals surface area contributed by atoms with Crippen molar-refractivity contribution < 1.29 is 14.3 Å². The molecule has 1 amide bonds. The van der Waals surface area contributed by atoms with Gasteiger partial charge in [-0.15, -0.1) is 10.2 Å². The fourth-order valence-corrected chi connectivity index (χ4v) is 3.73. The topological polar surface area (TPSA) is 96.1 Å². The van der Waals surface area contributed by atoms with E-state index >= 15 is 0 Å². The van der Waals surface area contributed by atoms with Gasteiger partial charge in [-0.3, -0.25) is 14.5 Å². The van der Waals surface area contributed by atoms with Gasteiger partial charge in [-0.2, -0.15) is 0 Å². The van der Waals surface area contributed by atoms with Gasteiger partial charge in [0.25, 0.3) is 0 Å². The summed E-state index contributed by atoms with van der Waals surface area (Å²) in [6.45, 7) is 0.191. The molecule has 9 nitrogen and oxygen atoms in total. The van der Waals surface area contributed by atoms with Crippen molar-refractivity contribution in [3.05, 3.63) is 67.3 Å². The SMILES string of the molecule is O=C(CSc1nnc(-c2cccnc2)n1-n1cccc1)Nc1ccc2c(c1)OCO2. The zero-order valence-corrected chi connectivity index (χ0v) is 16.5. The van der Waals surface area contributed by atoms with Crippen LogP contribution in [0.15, 0.2) is 72.4 Å². The van der Waals surface area contributed by atoms with Gasteiger partial charge in [-0.25, -0.2) is 4.68 Å². The van der Waals surface area contributed by atoms with Gasteiger partial charge in [0.05, 0.1) is 5.75 Å². The predicted molar refractivity (Wildman–Crippen MR) is 110 cm³/mol. The van der Waals surface area contributed by atoms with Crippen LogP contribution in [0.3, 0.4) is 0 Å². The molecular formula is C20H16N6O3S. The van der Waals surface area contributed by atoms with Crippen molar-refractivity contribution in [1.82, 2.24) is 24.5 Å². The summed E-state index contributed by atoms with van der Waals surface area (Å²) < 4.78 is 14.3. The van der Waals surface area contributed by atoms with E-state index in [0.717, 1.165) is 5.56 Å². The van der Waals surface area contributed by atoms with Gasteiger partial charge in [0.15, 0.2) is 17.3 Å². The summed E-state index contributed by atoms with van der Waals surface area (Å²) in [5.41, 5.74) is 1.48. The van der Waals surface area contributed by atoms with E-state index in [1.165, 1.54) is 11.8 Å². The third kappa shape index (κ3) is 3.60. The van der Waals surface area contributed by atoms with Gasteiger partial charge in [0.2, 0.25) is 17.9 Å². The lowest BCUT2D eigenvalue weighted by Crippen LogP contribution is -2.15. The second-order valence-corrected chi connectivity index (χ2v) is 7.27. The minimum atomic E-state index is -0.163. The summed E-state index contributed by atoms with van der Waals surface area (Å²) in [6.07, 6.45) is 7.21.